The smallest absolute Gasteiger partial charge is 0.270 e. The topological polar surface area (TPSA) is 77.2 Å². The molecule has 0 spiro atoms. The maximum Gasteiger partial charge on any atom is 0.270 e. The minimum Gasteiger partial charge on any atom is -0.490 e. The number of carbonyl (C=O) groups excluding carboxylic acids is 1. The summed E-state index contributed by atoms with van der Waals surface area (Å²) >= 11 is 0. The zero-order valence-electron chi connectivity index (χ0n) is 12.0. The van der Waals surface area contributed by atoms with E-state index in [1.165, 1.54) is 12.8 Å². The lowest BCUT2D eigenvalue weighted by atomic mass is 9.86. The Morgan fingerprint density at radius 1 is 1.50 bits per heavy atom. The fourth-order valence-corrected chi connectivity index (χ4v) is 2.63. The fourth-order valence-electron chi connectivity index (χ4n) is 2.63. The Kier molecular flexibility index (Phi) is 5.35. The van der Waals surface area contributed by atoms with Gasteiger partial charge in [-0.1, -0.05) is 6.42 Å². The molecular weight excluding hydrogens is 254 g/mol. The largest absolute Gasteiger partial charge is 0.490 e. The molecule has 2 rings (SSSR count). The van der Waals surface area contributed by atoms with Crippen molar-refractivity contribution in [2.45, 2.75) is 38.7 Å². The summed E-state index contributed by atoms with van der Waals surface area (Å²) < 4.78 is 6.03. The number of nitrogens with two attached hydrogens (primary N) is 1. The second kappa shape index (κ2) is 7.24. The number of nitrogens with zero attached hydrogens (tertiary/aromatic N) is 1. The molecule has 1 aliphatic rings. The molecule has 1 amide bonds. The molecule has 3 N–H and O–H groups in total. The number of carbonyl (C=O) groups is 1. The number of ether oxygens (including phenoxy) is 1. The number of rotatable bonds is 5. The van der Waals surface area contributed by atoms with Crippen molar-refractivity contribution >= 4 is 5.91 Å². The molecule has 2 atom stereocenters. The highest BCUT2D eigenvalue weighted by Gasteiger charge is 2.25. The van der Waals surface area contributed by atoms with Crippen LogP contribution in [0.3, 0.4) is 0 Å². The first-order valence-corrected chi connectivity index (χ1v) is 7.35. The molecule has 20 heavy (non-hydrogen) atoms. The van der Waals surface area contributed by atoms with E-state index in [0.29, 0.717) is 30.5 Å². The summed E-state index contributed by atoms with van der Waals surface area (Å²) in [5.41, 5.74) is 6.20. The van der Waals surface area contributed by atoms with Gasteiger partial charge in [-0.2, -0.15) is 0 Å². The van der Waals surface area contributed by atoms with Gasteiger partial charge in [0.15, 0.2) is 0 Å². The average molecular weight is 277 g/mol. The Morgan fingerprint density at radius 2 is 2.30 bits per heavy atom. The van der Waals surface area contributed by atoms with Gasteiger partial charge in [0.1, 0.15) is 17.5 Å². The highest BCUT2D eigenvalue weighted by molar-refractivity contribution is 5.92. The summed E-state index contributed by atoms with van der Waals surface area (Å²) in [5.74, 6) is 0.938. The quantitative estimate of drug-likeness (QED) is 0.859. The SMILES string of the molecule is CCNC(=O)c1cc(OC2CCCCC2CN)ccn1. The van der Waals surface area contributed by atoms with Gasteiger partial charge in [-0.05, 0) is 38.8 Å². The average Bonchev–Trinajstić information content (AvgIpc) is 2.48. The van der Waals surface area contributed by atoms with E-state index in [-0.39, 0.29) is 12.0 Å². The molecule has 2 unspecified atom stereocenters. The summed E-state index contributed by atoms with van der Waals surface area (Å²) in [6.45, 7) is 3.12. The summed E-state index contributed by atoms with van der Waals surface area (Å²) in [4.78, 5) is 15.8. The first kappa shape index (κ1) is 14.8. The van der Waals surface area contributed by atoms with Crippen molar-refractivity contribution < 1.29 is 9.53 Å². The van der Waals surface area contributed by atoms with E-state index in [0.717, 1.165) is 12.8 Å². The normalized spacial score (nSPS) is 22.3. The van der Waals surface area contributed by atoms with Crippen molar-refractivity contribution in [2.75, 3.05) is 13.1 Å². The van der Waals surface area contributed by atoms with Crippen LogP contribution in [0, 0.1) is 5.92 Å². The monoisotopic (exact) mass is 277 g/mol. The Labute approximate surface area is 119 Å². The molecule has 1 saturated carbocycles. The van der Waals surface area contributed by atoms with Crippen LogP contribution in [-0.2, 0) is 0 Å². The van der Waals surface area contributed by atoms with Gasteiger partial charge >= 0.3 is 0 Å². The predicted octanol–water partition coefficient (Wildman–Crippen LogP) is 1.73. The van der Waals surface area contributed by atoms with Crippen LogP contribution in [0.1, 0.15) is 43.1 Å². The number of hydrogen-bond acceptors (Lipinski definition) is 4. The molecule has 0 aliphatic heterocycles. The lowest BCUT2D eigenvalue weighted by Gasteiger charge is -2.31. The van der Waals surface area contributed by atoms with Crippen LogP contribution < -0.4 is 15.8 Å². The molecule has 1 aromatic heterocycles. The standard InChI is InChI=1S/C15H23N3O2/c1-2-17-15(19)13-9-12(7-8-18-13)20-14-6-4-3-5-11(14)10-16/h7-9,11,14H,2-6,10,16H2,1H3,(H,17,19). The summed E-state index contributed by atoms with van der Waals surface area (Å²) in [7, 11) is 0. The van der Waals surface area contributed by atoms with E-state index in [4.69, 9.17) is 10.5 Å². The van der Waals surface area contributed by atoms with E-state index in [1.807, 2.05) is 6.92 Å². The van der Waals surface area contributed by atoms with E-state index in [9.17, 15) is 4.79 Å². The predicted molar refractivity (Wildman–Crippen MR) is 77.7 cm³/mol. The first-order chi connectivity index (χ1) is 9.74. The number of hydrogen-bond donors (Lipinski definition) is 2. The van der Waals surface area contributed by atoms with Crippen LogP contribution in [0.15, 0.2) is 18.3 Å². The minimum absolute atomic E-state index is 0.151. The first-order valence-electron chi connectivity index (χ1n) is 7.35. The molecule has 1 heterocycles. The Balaban J connectivity index is 2.05. The second-order valence-electron chi connectivity index (χ2n) is 5.17. The van der Waals surface area contributed by atoms with E-state index in [2.05, 4.69) is 10.3 Å². The molecule has 0 saturated heterocycles. The highest BCUT2D eigenvalue weighted by atomic mass is 16.5. The van der Waals surface area contributed by atoms with Gasteiger partial charge in [0.2, 0.25) is 0 Å². The van der Waals surface area contributed by atoms with Gasteiger partial charge in [0.25, 0.3) is 5.91 Å². The number of pyridine rings is 1. The van der Waals surface area contributed by atoms with E-state index in [1.54, 1.807) is 18.3 Å². The highest BCUT2D eigenvalue weighted by Crippen LogP contribution is 2.27. The van der Waals surface area contributed by atoms with Gasteiger partial charge in [0, 0.05) is 24.7 Å². The Morgan fingerprint density at radius 3 is 3.05 bits per heavy atom. The third-order valence-corrected chi connectivity index (χ3v) is 3.73. The van der Waals surface area contributed by atoms with Crippen molar-refractivity contribution in [3.05, 3.63) is 24.0 Å². The Hall–Kier alpha value is -1.62. The van der Waals surface area contributed by atoms with Gasteiger partial charge < -0.3 is 15.8 Å². The van der Waals surface area contributed by atoms with Crippen LogP contribution in [0.5, 0.6) is 5.75 Å². The van der Waals surface area contributed by atoms with Gasteiger partial charge in [-0.25, -0.2) is 0 Å². The Bertz CT molecular complexity index is 450. The van der Waals surface area contributed by atoms with Gasteiger partial charge in [-0.15, -0.1) is 0 Å². The fraction of sp³-hybridized carbons (Fsp3) is 0.600. The number of amides is 1. The van der Waals surface area contributed by atoms with Crippen molar-refractivity contribution in [3.63, 3.8) is 0 Å². The molecule has 0 aromatic carbocycles. The van der Waals surface area contributed by atoms with Crippen LogP contribution in [0.2, 0.25) is 0 Å². The lowest BCUT2D eigenvalue weighted by Crippen LogP contribution is -2.35. The summed E-state index contributed by atoms with van der Waals surface area (Å²) in [5, 5.41) is 2.74. The third-order valence-electron chi connectivity index (χ3n) is 3.73. The van der Waals surface area contributed by atoms with Crippen molar-refractivity contribution in [2.24, 2.45) is 11.7 Å². The molecule has 1 aliphatic carbocycles. The van der Waals surface area contributed by atoms with E-state index >= 15 is 0 Å². The third kappa shape index (κ3) is 3.70. The van der Waals surface area contributed by atoms with Crippen LogP contribution in [-0.4, -0.2) is 30.1 Å². The second-order valence-corrected chi connectivity index (χ2v) is 5.17. The van der Waals surface area contributed by atoms with Crippen LogP contribution >= 0.6 is 0 Å². The van der Waals surface area contributed by atoms with Crippen molar-refractivity contribution in [1.29, 1.82) is 0 Å². The van der Waals surface area contributed by atoms with Gasteiger partial charge in [0.05, 0.1) is 0 Å². The zero-order valence-corrected chi connectivity index (χ0v) is 12.0. The lowest BCUT2D eigenvalue weighted by molar-refractivity contribution is 0.0930. The molecule has 1 aromatic rings. The maximum atomic E-state index is 11.8. The summed E-state index contributed by atoms with van der Waals surface area (Å²) in [6, 6.07) is 3.50. The molecule has 0 bridgehead atoms. The van der Waals surface area contributed by atoms with Crippen molar-refractivity contribution in [1.82, 2.24) is 10.3 Å². The maximum absolute atomic E-state index is 11.8. The van der Waals surface area contributed by atoms with Crippen molar-refractivity contribution in [3.8, 4) is 5.75 Å². The zero-order chi connectivity index (χ0) is 14.4. The van der Waals surface area contributed by atoms with E-state index < -0.39 is 0 Å². The minimum atomic E-state index is -0.169. The molecule has 1 fully saturated rings. The molecule has 5 nitrogen and oxygen atoms in total. The number of aromatic nitrogens is 1. The van der Waals surface area contributed by atoms with Gasteiger partial charge in [-0.3, -0.25) is 9.78 Å². The number of nitrogens with one attached hydrogen (secondary N) is 1. The summed E-state index contributed by atoms with van der Waals surface area (Å²) in [6.07, 6.45) is 6.31. The molecule has 0 radical (unpaired) electrons. The molecule has 5 heteroatoms. The van der Waals surface area contributed by atoms with Crippen LogP contribution in [0.25, 0.3) is 0 Å². The van der Waals surface area contributed by atoms with Crippen LogP contribution in [0.4, 0.5) is 0 Å². The molecular formula is C15H23N3O2. The molecule has 110 valence electrons.